The molecule has 4 nitrogen and oxygen atoms in total. The first-order valence-electron chi connectivity index (χ1n) is 9.62. The van der Waals surface area contributed by atoms with Crippen LogP contribution in [0.1, 0.15) is 22.8 Å². The van der Waals surface area contributed by atoms with Gasteiger partial charge in [0.05, 0.1) is 23.9 Å². The van der Waals surface area contributed by atoms with Crippen molar-refractivity contribution in [2.45, 2.75) is 13.3 Å². The third-order valence-electron chi connectivity index (χ3n) is 4.92. The SMILES string of the molecule is CCc1cccc(NC(=O)c2cc(-c3cccc(OC)c3)nc3ccccc23)c1. The van der Waals surface area contributed by atoms with Crippen molar-refractivity contribution in [2.24, 2.45) is 0 Å². The summed E-state index contributed by atoms with van der Waals surface area (Å²) >= 11 is 0. The van der Waals surface area contributed by atoms with E-state index in [4.69, 9.17) is 9.72 Å². The number of benzene rings is 3. The van der Waals surface area contributed by atoms with Crippen LogP contribution in [0.25, 0.3) is 22.2 Å². The van der Waals surface area contributed by atoms with Crippen LogP contribution >= 0.6 is 0 Å². The van der Waals surface area contributed by atoms with E-state index in [1.807, 2.05) is 72.8 Å². The van der Waals surface area contributed by atoms with Gasteiger partial charge in [0.15, 0.2) is 0 Å². The van der Waals surface area contributed by atoms with Gasteiger partial charge in [0.25, 0.3) is 5.91 Å². The fraction of sp³-hybridized carbons (Fsp3) is 0.120. The minimum atomic E-state index is -0.152. The first-order valence-corrected chi connectivity index (χ1v) is 9.62. The predicted molar refractivity (Wildman–Crippen MR) is 118 cm³/mol. The van der Waals surface area contributed by atoms with E-state index in [0.717, 1.165) is 40.0 Å². The predicted octanol–water partition coefficient (Wildman–Crippen LogP) is 5.73. The lowest BCUT2D eigenvalue weighted by Crippen LogP contribution is -2.13. The van der Waals surface area contributed by atoms with Crippen molar-refractivity contribution in [1.29, 1.82) is 0 Å². The number of aromatic nitrogens is 1. The Hall–Kier alpha value is -3.66. The highest BCUT2D eigenvalue weighted by atomic mass is 16.5. The van der Waals surface area contributed by atoms with Crippen LogP contribution in [0.4, 0.5) is 5.69 Å². The van der Waals surface area contributed by atoms with Crippen LogP contribution in [0.2, 0.25) is 0 Å². The van der Waals surface area contributed by atoms with Crippen LogP contribution in [0.3, 0.4) is 0 Å². The molecule has 4 rings (SSSR count). The lowest BCUT2D eigenvalue weighted by molar-refractivity contribution is 0.102. The molecule has 0 atom stereocenters. The first kappa shape index (κ1) is 18.7. The zero-order valence-corrected chi connectivity index (χ0v) is 16.5. The number of rotatable bonds is 5. The van der Waals surface area contributed by atoms with Crippen LogP contribution in [-0.2, 0) is 6.42 Å². The molecule has 1 N–H and O–H groups in total. The maximum absolute atomic E-state index is 13.2. The normalized spacial score (nSPS) is 10.7. The van der Waals surface area contributed by atoms with E-state index >= 15 is 0 Å². The molecule has 0 saturated carbocycles. The van der Waals surface area contributed by atoms with Gasteiger partial charge < -0.3 is 10.1 Å². The standard InChI is InChI=1S/C25H22N2O2/c1-3-17-8-6-10-19(14-17)26-25(28)22-16-24(18-9-7-11-20(15-18)29-2)27-23-13-5-4-12-21(22)23/h4-16H,3H2,1-2H3,(H,26,28). The fourth-order valence-electron chi connectivity index (χ4n) is 3.36. The molecule has 1 heterocycles. The topological polar surface area (TPSA) is 51.2 Å². The van der Waals surface area contributed by atoms with Gasteiger partial charge >= 0.3 is 0 Å². The molecule has 1 aromatic heterocycles. The first-order chi connectivity index (χ1) is 14.2. The number of ether oxygens (including phenoxy) is 1. The van der Waals surface area contributed by atoms with Gasteiger partial charge in [-0.25, -0.2) is 4.98 Å². The average Bonchev–Trinajstić information content (AvgIpc) is 2.78. The molecular formula is C25H22N2O2. The number of carbonyl (C=O) groups is 1. The van der Waals surface area contributed by atoms with Gasteiger partial charge in [0.1, 0.15) is 5.75 Å². The molecule has 0 aliphatic heterocycles. The van der Waals surface area contributed by atoms with Gasteiger partial charge in [-0.05, 0) is 48.4 Å². The third kappa shape index (κ3) is 3.97. The summed E-state index contributed by atoms with van der Waals surface area (Å²) in [5, 5.41) is 3.86. The van der Waals surface area contributed by atoms with Gasteiger partial charge in [-0.2, -0.15) is 0 Å². The number of hydrogen-bond donors (Lipinski definition) is 1. The molecule has 0 spiro atoms. The van der Waals surface area contributed by atoms with Crippen LogP contribution in [-0.4, -0.2) is 18.0 Å². The Morgan fingerprint density at radius 1 is 0.966 bits per heavy atom. The minimum absolute atomic E-state index is 0.152. The number of amides is 1. The van der Waals surface area contributed by atoms with E-state index in [1.165, 1.54) is 5.56 Å². The van der Waals surface area contributed by atoms with Crippen LogP contribution in [0.5, 0.6) is 5.75 Å². The molecule has 4 aromatic rings. The zero-order chi connectivity index (χ0) is 20.2. The quantitative estimate of drug-likeness (QED) is 0.480. The number of nitrogens with zero attached hydrogens (tertiary/aromatic N) is 1. The van der Waals surface area contributed by atoms with Crippen molar-refractivity contribution in [2.75, 3.05) is 12.4 Å². The molecule has 144 valence electrons. The summed E-state index contributed by atoms with van der Waals surface area (Å²) < 4.78 is 5.34. The lowest BCUT2D eigenvalue weighted by atomic mass is 10.0. The smallest absolute Gasteiger partial charge is 0.256 e. The molecule has 0 aliphatic carbocycles. The number of hydrogen-bond acceptors (Lipinski definition) is 3. The molecule has 0 bridgehead atoms. The number of anilines is 1. The number of carbonyl (C=O) groups excluding carboxylic acids is 1. The number of aryl methyl sites for hydroxylation is 1. The van der Waals surface area contributed by atoms with Crippen LogP contribution < -0.4 is 10.1 Å². The number of nitrogens with one attached hydrogen (secondary N) is 1. The Morgan fingerprint density at radius 2 is 1.79 bits per heavy atom. The highest BCUT2D eigenvalue weighted by Gasteiger charge is 2.14. The van der Waals surface area contributed by atoms with E-state index in [0.29, 0.717) is 5.56 Å². The second-order valence-electron chi connectivity index (χ2n) is 6.81. The van der Waals surface area contributed by atoms with E-state index in [2.05, 4.69) is 18.3 Å². The van der Waals surface area contributed by atoms with E-state index < -0.39 is 0 Å². The molecule has 0 fully saturated rings. The lowest BCUT2D eigenvalue weighted by Gasteiger charge is -2.12. The number of fused-ring (bicyclic) bond motifs is 1. The third-order valence-corrected chi connectivity index (χ3v) is 4.92. The molecule has 0 radical (unpaired) electrons. The van der Waals surface area contributed by atoms with E-state index in [1.54, 1.807) is 7.11 Å². The monoisotopic (exact) mass is 382 g/mol. The highest BCUT2D eigenvalue weighted by Crippen LogP contribution is 2.28. The van der Waals surface area contributed by atoms with Crippen molar-refractivity contribution in [3.8, 4) is 17.0 Å². The van der Waals surface area contributed by atoms with Crippen molar-refractivity contribution in [3.05, 3.63) is 90.0 Å². The Balaban J connectivity index is 1.78. The molecule has 1 amide bonds. The second-order valence-corrected chi connectivity index (χ2v) is 6.81. The minimum Gasteiger partial charge on any atom is -0.497 e. The van der Waals surface area contributed by atoms with Gasteiger partial charge in [-0.1, -0.05) is 49.4 Å². The van der Waals surface area contributed by atoms with Gasteiger partial charge in [-0.3, -0.25) is 4.79 Å². The Bertz CT molecular complexity index is 1180. The Morgan fingerprint density at radius 3 is 2.62 bits per heavy atom. The summed E-state index contributed by atoms with van der Waals surface area (Å²) in [5.74, 6) is 0.598. The van der Waals surface area contributed by atoms with Gasteiger partial charge in [-0.15, -0.1) is 0 Å². The Labute approximate surface area is 170 Å². The number of para-hydroxylation sites is 1. The van der Waals surface area contributed by atoms with Crippen molar-refractivity contribution >= 4 is 22.5 Å². The maximum atomic E-state index is 13.2. The van der Waals surface area contributed by atoms with E-state index in [9.17, 15) is 4.79 Å². The number of methoxy groups -OCH3 is 1. The summed E-state index contributed by atoms with van der Waals surface area (Å²) in [7, 11) is 1.64. The summed E-state index contributed by atoms with van der Waals surface area (Å²) in [5.41, 5.74) is 4.97. The van der Waals surface area contributed by atoms with E-state index in [-0.39, 0.29) is 5.91 Å². The molecular weight excluding hydrogens is 360 g/mol. The van der Waals surface area contributed by atoms with Crippen molar-refractivity contribution in [1.82, 2.24) is 4.98 Å². The fourth-order valence-corrected chi connectivity index (χ4v) is 3.36. The van der Waals surface area contributed by atoms with Crippen molar-refractivity contribution in [3.63, 3.8) is 0 Å². The maximum Gasteiger partial charge on any atom is 0.256 e. The highest BCUT2D eigenvalue weighted by molar-refractivity contribution is 6.13. The summed E-state index contributed by atoms with van der Waals surface area (Å²) in [6.07, 6.45) is 0.919. The molecule has 0 saturated heterocycles. The molecule has 29 heavy (non-hydrogen) atoms. The summed E-state index contributed by atoms with van der Waals surface area (Å²) in [6.45, 7) is 2.09. The molecule has 3 aromatic carbocycles. The van der Waals surface area contributed by atoms with Gasteiger partial charge in [0.2, 0.25) is 0 Å². The summed E-state index contributed by atoms with van der Waals surface area (Å²) in [6, 6.07) is 25.2. The number of pyridine rings is 1. The van der Waals surface area contributed by atoms with Crippen LogP contribution in [0.15, 0.2) is 78.9 Å². The largest absolute Gasteiger partial charge is 0.497 e. The Kier molecular flexibility index (Phi) is 5.25. The van der Waals surface area contributed by atoms with Crippen LogP contribution in [0, 0.1) is 0 Å². The zero-order valence-electron chi connectivity index (χ0n) is 16.5. The average molecular weight is 382 g/mol. The summed E-state index contributed by atoms with van der Waals surface area (Å²) in [4.78, 5) is 17.9. The second kappa shape index (κ2) is 8.15. The molecule has 0 unspecified atom stereocenters. The van der Waals surface area contributed by atoms with Gasteiger partial charge in [0, 0.05) is 16.6 Å². The van der Waals surface area contributed by atoms with Crippen molar-refractivity contribution < 1.29 is 9.53 Å². The molecule has 4 heteroatoms. The molecule has 0 aliphatic rings.